The summed E-state index contributed by atoms with van der Waals surface area (Å²) in [5.74, 6) is 1.81. The van der Waals surface area contributed by atoms with Gasteiger partial charge in [-0.05, 0) is 50.2 Å². The van der Waals surface area contributed by atoms with Crippen molar-refractivity contribution < 1.29 is 17.9 Å². The zero-order valence-electron chi connectivity index (χ0n) is 17.0. The van der Waals surface area contributed by atoms with E-state index in [4.69, 9.17) is 9.47 Å². The second-order valence-electron chi connectivity index (χ2n) is 8.81. The van der Waals surface area contributed by atoms with Crippen molar-refractivity contribution >= 4 is 15.7 Å². The molecule has 7 heteroatoms. The van der Waals surface area contributed by atoms with Crippen LogP contribution in [-0.2, 0) is 19.5 Å². The van der Waals surface area contributed by atoms with Crippen molar-refractivity contribution in [1.82, 2.24) is 4.83 Å². The molecule has 1 N–H and O–H groups in total. The molecule has 3 aliphatic rings. The lowest BCUT2D eigenvalue weighted by atomic mass is 9.59. The summed E-state index contributed by atoms with van der Waals surface area (Å²) in [7, 11) is -1.95. The number of benzene rings is 1. The molecule has 1 aliphatic heterocycles. The Bertz CT molecular complexity index is 852. The zero-order valence-corrected chi connectivity index (χ0v) is 17.8. The highest BCUT2D eigenvalue weighted by Gasteiger charge is 2.56. The van der Waals surface area contributed by atoms with Crippen LogP contribution in [0.5, 0.6) is 0 Å². The van der Waals surface area contributed by atoms with E-state index in [0.717, 1.165) is 30.5 Å². The Balaban J connectivity index is 1.60. The maximum atomic E-state index is 12.7. The van der Waals surface area contributed by atoms with Gasteiger partial charge in [0.2, 0.25) is 0 Å². The van der Waals surface area contributed by atoms with Gasteiger partial charge in [-0.15, -0.1) is 0 Å². The van der Waals surface area contributed by atoms with Crippen LogP contribution in [0.2, 0.25) is 0 Å². The van der Waals surface area contributed by atoms with Crippen molar-refractivity contribution in [2.24, 2.45) is 34.7 Å². The molecule has 4 rings (SSSR count). The first-order valence-corrected chi connectivity index (χ1v) is 11.6. The van der Waals surface area contributed by atoms with Crippen molar-refractivity contribution in [1.29, 1.82) is 0 Å². The Morgan fingerprint density at radius 2 is 1.86 bits per heavy atom. The van der Waals surface area contributed by atoms with E-state index in [-0.39, 0.29) is 23.2 Å². The smallest absolute Gasteiger partial charge is 0.276 e. The van der Waals surface area contributed by atoms with E-state index < -0.39 is 10.0 Å². The molecule has 1 heterocycles. The van der Waals surface area contributed by atoms with Gasteiger partial charge in [0, 0.05) is 30.6 Å². The molecule has 0 aromatic heterocycles. The summed E-state index contributed by atoms with van der Waals surface area (Å²) in [4.78, 5) is 2.73. The maximum Gasteiger partial charge on any atom is 0.276 e. The van der Waals surface area contributed by atoms with E-state index in [0.29, 0.717) is 23.7 Å². The molecule has 1 unspecified atom stereocenters. The highest BCUT2D eigenvalue weighted by molar-refractivity contribution is 7.89. The molecule has 2 saturated carbocycles. The predicted molar refractivity (Wildman–Crippen MR) is 107 cm³/mol. The van der Waals surface area contributed by atoms with Crippen molar-refractivity contribution in [2.75, 3.05) is 7.11 Å². The Kier molecular flexibility index (Phi) is 5.27. The number of aryl methyl sites for hydroxylation is 1. The van der Waals surface area contributed by atoms with Crippen LogP contribution in [0.4, 0.5) is 0 Å². The van der Waals surface area contributed by atoms with Gasteiger partial charge < -0.3 is 9.47 Å². The van der Waals surface area contributed by atoms with Crippen LogP contribution >= 0.6 is 0 Å². The fraction of sp³-hybridized carbons (Fsp3) is 0.667. The molecule has 154 valence electrons. The molecule has 0 radical (unpaired) electrons. The molecule has 3 fully saturated rings. The number of hydrazone groups is 1. The largest absolute Gasteiger partial charge is 0.356 e. The van der Waals surface area contributed by atoms with E-state index in [1.807, 2.05) is 6.92 Å². The second kappa shape index (κ2) is 7.43. The van der Waals surface area contributed by atoms with Gasteiger partial charge in [0.25, 0.3) is 10.0 Å². The van der Waals surface area contributed by atoms with Gasteiger partial charge in [-0.3, -0.25) is 0 Å². The summed E-state index contributed by atoms with van der Waals surface area (Å²) in [5.41, 5.74) is 1.98. The molecule has 0 amide bonds. The van der Waals surface area contributed by atoms with Crippen LogP contribution in [0.25, 0.3) is 0 Å². The number of methoxy groups -OCH3 is 1. The minimum atomic E-state index is -3.67. The van der Waals surface area contributed by atoms with Crippen LogP contribution < -0.4 is 4.83 Å². The average Bonchev–Trinajstić information content (AvgIpc) is 3.03. The van der Waals surface area contributed by atoms with Crippen LogP contribution in [0.1, 0.15) is 38.7 Å². The Morgan fingerprint density at radius 1 is 1.14 bits per heavy atom. The second-order valence-corrected chi connectivity index (χ2v) is 10.5. The summed E-state index contributed by atoms with van der Waals surface area (Å²) in [6, 6.07) is 6.82. The lowest BCUT2D eigenvalue weighted by Gasteiger charge is -2.44. The first kappa shape index (κ1) is 19.9. The molecular formula is C21H30N2O4S. The van der Waals surface area contributed by atoms with Crippen LogP contribution in [-0.4, -0.2) is 33.6 Å². The van der Waals surface area contributed by atoms with Crippen molar-refractivity contribution in [3.63, 3.8) is 0 Å². The van der Waals surface area contributed by atoms with Gasteiger partial charge in [-0.2, -0.15) is 13.5 Å². The third-order valence-electron chi connectivity index (χ3n) is 6.74. The van der Waals surface area contributed by atoms with Gasteiger partial charge in [0.05, 0.1) is 11.0 Å². The Hall–Kier alpha value is -1.44. The number of nitrogens with one attached hydrogen (secondary N) is 1. The monoisotopic (exact) mass is 406 g/mol. The Labute approximate surface area is 167 Å². The molecule has 2 aliphatic carbocycles. The number of sulfonamides is 1. The molecule has 1 aromatic carbocycles. The minimum Gasteiger partial charge on any atom is -0.356 e. The lowest BCUT2D eigenvalue weighted by molar-refractivity contribution is -0.140. The van der Waals surface area contributed by atoms with E-state index in [2.05, 4.69) is 23.8 Å². The summed E-state index contributed by atoms with van der Waals surface area (Å²) in [6.45, 7) is 6.36. The SMILES string of the molecule is COC1O[C@H]2C[C@@H](C)C[C@H]3C(=NNS(=O)(=O)c4ccc(C)cc4)C[C@H](C)[C@@H]1[C@@H]23. The number of nitrogens with zero attached hydrogens (tertiary/aromatic N) is 1. The third kappa shape index (κ3) is 3.48. The molecule has 0 spiro atoms. The standard InChI is InChI=1S/C21H30N2O4S/c1-12-5-7-15(8-6-12)28(24,25)23-22-17-11-14(3)19-20-16(17)9-13(2)10-18(20)27-21(19)26-4/h5-8,13-14,16,18-21,23H,9-11H2,1-4H3/t13-,14-,16-,18-,19+,20+,21?/m0/s1. The van der Waals surface area contributed by atoms with Gasteiger partial charge >= 0.3 is 0 Å². The molecule has 6 nitrogen and oxygen atoms in total. The highest BCUT2D eigenvalue weighted by Crippen LogP contribution is 2.53. The highest BCUT2D eigenvalue weighted by atomic mass is 32.2. The van der Waals surface area contributed by atoms with Crippen molar-refractivity contribution in [3.05, 3.63) is 29.8 Å². The Morgan fingerprint density at radius 3 is 2.54 bits per heavy atom. The molecule has 1 saturated heterocycles. The summed E-state index contributed by atoms with van der Waals surface area (Å²) in [6.07, 6.45) is 2.83. The summed E-state index contributed by atoms with van der Waals surface area (Å²) >= 11 is 0. The van der Waals surface area contributed by atoms with E-state index in [9.17, 15) is 8.42 Å². The number of hydrogen-bond donors (Lipinski definition) is 1. The summed E-state index contributed by atoms with van der Waals surface area (Å²) in [5, 5.41) is 4.45. The fourth-order valence-corrected chi connectivity index (χ4v) is 6.30. The van der Waals surface area contributed by atoms with Crippen molar-refractivity contribution in [2.45, 2.75) is 57.3 Å². The fourth-order valence-electron chi connectivity index (χ4n) is 5.46. The molecule has 7 atom stereocenters. The van der Waals surface area contributed by atoms with E-state index >= 15 is 0 Å². The number of ether oxygens (including phenoxy) is 2. The molecular weight excluding hydrogens is 376 g/mol. The van der Waals surface area contributed by atoms with Gasteiger partial charge in [-0.25, -0.2) is 4.83 Å². The zero-order chi connectivity index (χ0) is 20.1. The normalized spacial score (nSPS) is 39.0. The minimum absolute atomic E-state index is 0.163. The predicted octanol–water partition coefficient (Wildman–Crippen LogP) is 3.32. The molecule has 28 heavy (non-hydrogen) atoms. The van der Waals surface area contributed by atoms with Crippen LogP contribution in [0.15, 0.2) is 34.3 Å². The maximum absolute atomic E-state index is 12.7. The van der Waals surface area contributed by atoms with E-state index in [1.54, 1.807) is 31.4 Å². The number of hydrogen-bond acceptors (Lipinski definition) is 5. The summed E-state index contributed by atoms with van der Waals surface area (Å²) < 4.78 is 37.2. The quantitative estimate of drug-likeness (QED) is 0.778. The van der Waals surface area contributed by atoms with Crippen LogP contribution in [0, 0.1) is 36.5 Å². The average molecular weight is 407 g/mol. The van der Waals surface area contributed by atoms with Crippen LogP contribution in [0.3, 0.4) is 0 Å². The first-order chi connectivity index (χ1) is 13.3. The number of rotatable bonds is 4. The first-order valence-electron chi connectivity index (χ1n) is 10.1. The van der Waals surface area contributed by atoms with E-state index in [1.165, 1.54) is 0 Å². The molecule has 1 aromatic rings. The van der Waals surface area contributed by atoms with Gasteiger partial charge in [0.1, 0.15) is 0 Å². The van der Waals surface area contributed by atoms with Gasteiger partial charge in [0.15, 0.2) is 6.29 Å². The lowest BCUT2D eigenvalue weighted by Crippen LogP contribution is -2.47. The van der Waals surface area contributed by atoms with Gasteiger partial charge in [-0.1, -0.05) is 31.5 Å². The van der Waals surface area contributed by atoms with Crippen molar-refractivity contribution in [3.8, 4) is 0 Å². The third-order valence-corrected chi connectivity index (χ3v) is 7.97. The topological polar surface area (TPSA) is 77.0 Å². The molecule has 0 bridgehead atoms.